The zero-order chi connectivity index (χ0) is 33.4. The minimum absolute atomic E-state index is 0.0489. The summed E-state index contributed by atoms with van der Waals surface area (Å²) in [5.74, 6) is -5.24. The van der Waals surface area contributed by atoms with E-state index in [2.05, 4.69) is 37.9 Å². The first-order valence-corrected chi connectivity index (χ1v) is 17.2. The standard InChI is InChI=1S/C35H25Br2Cl4NO4/c1-2-46-33(44)34(18-42)27(25-13-11-23(38)15-28(25)40)17-35(45,20-5-9-22(37)10-6-20)31(32(43)19-3-7-21(36)8-4-19)30(34)26-14-12-24(39)16-29(26)41/h3-16,27,30-31,45H,2,17H2,1H3/t27-,30+,31-,34+,35-/m0/s1. The monoisotopic (exact) mass is 821 g/mol. The number of halogens is 6. The highest BCUT2D eigenvalue weighted by Crippen LogP contribution is 2.65. The van der Waals surface area contributed by atoms with Crippen LogP contribution in [0.3, 0.4) is 0 Å². The van der Waals surface area contributed by atoms with E-state index in [1.165, 1.54) is 12.1 Å². The lowest BCUT2D eigenvalue weighted by Gasteiger charge is -2.54. The zero-order valence-corrected chi connectivity index (χ0v) is 30.3. The van der Waals surface area contributed by atoms with Crippen LogP contribution >= 0.6 is 78.3 Å². The molecule has 0 heterocycles. The maximum atomic E-state index is 14.9. The van der Waals surface area contributed by atoms with Crippen molar-refractivity contribution >= 4 is 90.0 Å². The average molecular weight is 825 g/mol. The lowest BCUT2D eigenvalue weighted by Crippen LogP contribution is -2.59. The Hall–Kier alpha value is -2.41. The van der Waals surface area contributed by atoms with Gasteiger partial charge in [0.05, 0.1) is 18.6 Å². The summed E-state index contributed by atoms with van der Waals surface area (Å²) >= 11 is 33.1. The second-order valence-electron chi connectivity index (χ2n) is 11.0. The molecule has 1 fully saturated rings. The summed E-state index contributed by atoms with van der Waals surface area (Å²) in [4.78, 5) is 29.3. The zero-order valence-electron chi connectivity index (χ0n) is 24.1. The van der Waals surface area contributed by atoms with Gasteiger partial charge in [0.15, 0.2) is 11.2 Å². The van der Waals surface area contributed by atoms with Crippen LogP contribution in [0.4, 0.5) is 0 Å². The molecule has 46 heavy (non-hydrogen) atoms. The van der Waals surface area contributed by atoms with E-state index in [1.807, 2.05) is 0 Å². The van der Waals surface area contributed by atoms with E-state index >= 15 is 0 Å². The highest BCUT2D eigenvalue weighted by Gasteiger charge is 2.68. The molecule has 0 aliphatic heterocycles. The van der Waals surface area contributed by atoms with Gasteiger partial charge in [0.25, 0.3) is 0 Å². The first kappa shape index (κ1) is 34.9. The number of ketones is 1. The van der Waals surface area contributed by atoms with E-state index in [4.69, 9.17) is 51.1 Å². The third-order valence-corrected chi connectivity index (χ3v) is 10.8. The number of esters is 1. The molecular formula is C35H25Br2Cl4NO4. The summed E-state index contributed by atoms with van der Waals surface area (Å²) in [6.45, 7) is 1.58. The third kappa shape index (κ3) is 6.26. The van der Waals surface area contributed by atoms with Crippen molar-refractivity contribution < 1.29 is 19.4 Å². The molecule has 0 saturated heterocycles. The topological polar surface area (TPSA) is 87.4 Å². The molecule has 1 N–H and O–H groups in total. The minimum atomic E-state index is -2.11. The van der Waals surface area contributed by atoms with E-state index in [0.29, 0.717) is 21.2 Å². The number of hydrogen-bond donors (Lipinski definition) is 1. The number of nitriles is 1. The molecule has 4 aromatic rings. The van der Waals surface area contributed by atoms with E-state index in [1.54, 1.807) is 79.7 Å². The summed E-state index contributed by atoms with van der Waals surface area (Å²) in [5, 5.41) is 25.3. The Morgan fingerprint density at radius 1 is 0.870 bits per heavy atom. The fourth-order valence-electron chi connectivity index (χ4n) is 6.58. The molecule has 1 saturated carbocycles. The Balaban J connectivity index is 1.94. The average Bonchev–Trinajstić information content (AvgIpc) is 3.01. The predicted octanol–water partition coefficient (Wildman–Crippen LogP) is 10.6. The second kappa shape index (κ2) is 14.0. The first-order chi connectivity index (χ1) is 21.9. The lowest BCUT2D eigenvalue weighted by molar-refractivity contribution is -0.164. The maximum absolute atomic E-state index is 14.9. The third-order valence-electron chi connectivity index (χ3n) is 8.59. The van der Waals surface area contributed by atoms with Gasteiger partial charge in [-0.1, -0.05) is 115 Å². The van der Waals surface area contributed by atoms with Gasteiger partial charge in [-0.15, -0.1) is 0 Å². The van der Waals surface area contributed by atoms with Crippen LogP contribution in [0.2, 0.25) is 20.1 Å². The molecule has 0 bridgehead atoms. The van der Waals surface area contributed by atoms with Crippen molar-refractivity contribution in [3.63, 3.8) is 0 Å². The molecule has 236 valence electrons. The van der Waals surface area contributed by atoms with E-state index in [-0.39, 0.29) is 34.2 Å². The van der Waals surface area contributed by atoms with Gasteiger partial charge in [-0.3, -0.25) is 9.59 Å². The van der Waals surface area contributed by atoms with Crippen molar-refractivity contribution in [3.05, 3.63) is 136 Å². The van der Waals surface area contributed by atoms with Crippen LogP contribution in [0.15, 0.2) is 93.9 Å². The molecule has 1 aliphatic carbocycles. The molecule has 5 nitrogen and oxygen atoms in total. The van der Waals surface area contributed by atoms with Crippen LogP contribution < -0.4 is 0 Å². The second-order valence-corrected chi connectivity index (χ2v) is 14.6. The molecule has 1 aliphatic rings. The van der Waals surface area contributed by atoms with Crippen LogP contribution in [0, 0.1) is 22.7 Å². The molecule has 0 spiro atoms. The van der Waals surface area contributed by atoms with Gasteiger partial charge in [-0.05, 0) is 78.6 Å². The minimum Gasteiger partial charge on any atom is -0.465 e. The summed E-state index contributed by atoms with van der Waals surface area (Å²) in [5.41, 5.74) is -2.77. The fraction of sp³-hybridized carbons (Fsp3) is 0.229. The smallest absolute Gasteiger partial charge is 0.327 e. The van der Waals surface area contributed by atoms with Crippen LogP contribution in [-0.2, 0) is 15.1 Å². The van der Waals surface area contributed by atoms with Gasteiger partial charge >= 0.3 is 5.97 Å². The van der Waals surface area contributed by atoms with Crippen LogP contribution in [0.25, 0.3) is 0 Å². The van der Waals surface area contributed by atoms with Crippen LogP contribution in [0.5, 0.6) is 0 Å². The van der Waals surface area contributed by atoms with Crippen molar-refractivity contribution in [3.8, 4) is 6.07 Å². The van der Waals surface area contributed by atoms with Gasteiger partial charge in [0.1, 0.15) is 5.60 Å². The van der Waals surface area contributed by atoms with E-state index in [0.717, 1.165) is 8.95 Å². The Morgan fingerprint density at radius 3 is 1.89 bits per heavy atom. The molecule has 11 heteroatoms. The molecule has 0 amide bonds. The predicted molar refractivity (Wildman–Crippen MR) is 188 cm³/mol. The Kier molecular flexibility index (Phi) is 10.6. The van der Waals surface area contributed by atoms with Crippen molar-refractivity contribution in [2.45, 2.75) is 30.8 Å². The number of Topliss-reactive ketones (excluding diaryl/α,β-unsaturated/α-hetero) is 1. The SMILES string of the molecule is CCOC(=O)[C@@]1(C#N)[C@H](c2ccc(Cl)cc2Cl)[C@@H](C(=O)c2ccc(Br)cc2)[C@@](O)(c2ccc(Br)cc2)C[C@H]1c1ccc(Cl)cc1Cl. The number of ether oxygens (including phenoxy) is 1. The maximum Gasteiger partial charge on any atom is 0.327 e. The summed E-state index contributed by atoms with van der Waals surface area (Å²) in [6, 6.07) is 25.2. The van der Waals surface area contributed by atoms with Gasteiger partial charge in [0, 0.05) is 46.4 Å². The molecule has 0 aromatic heterocycles. The van der Waals surface area contributed by atoms with Gasteiger partial charge < -0.3 is 9.84 Å². The number of rotatable bonds is 7. The van der Waals surface area contributed by atoms with E-state index < -0.39 is 40.5 Å². The number of aliphatic hydroxyl groups is 1. The first-order valence-electron chi connectivity index (χ1n) is 14.1. The van der Waals surface area contributed by atoms with Crippen molar-refractivity contribution in [1.82, 2.24) is 0 Å². The number of nitrogens with zero attached hydrogens (tertiary/aromatic N) is 1. The molecule has 0 radical (unpaired) electrons. The van der Waals surface area contributed by atoms with Gasteiger partial charge in [-0.25, -0.2) is 0 Å². The Bertz CT molecular complexity index is 1850. The Morgan fingerprint density at radius 2 is 1.39 bits per heavy atom. The van der Waals surface area contributed by atoms with E-state index in [9.17, 15) is 20.0 Å². The molecular weight excluding hydrogens is 800 g/mol. The highest BCUT2D eigenvalue weighted by atomic mass is 79.9. The van der Waals surface area contributed by atoms with Gasteiger partial charge in [-0.2, -0.15) is 5.26 Å². The van der Waals surface area contributed by atoms with Gasteiger partial charge in [0.2, 0.25) is 0 Å². The number of carbonyl (C=O) groups excluding carboxylic acids is 2. The van der Waals surface area contributed by atoms with Crippen molar-refractivity contribution in [2.24, 2.45) is 11.3 Å². The number of benzene rings is 4. The van der Waals surface area contributed by atoms with Crippen LogP contribution in [-0.4, -0.2) is 23.5 Å². The quantitative estimate of drug-likeness (QED) is 0.148. The molecule has 5 atom stereocenters. The summed E-state index contributed by atoms with van der Waals surface area (Å²) in [7, 11) is 0. The normalized spacial score (nSPS) is 24.2. The largest absolute Gasteiger partial charge is 0.465 e. The number of carbonyl (C=O) groups is 2. The summed E-state index contributed by atoms with van der Waals surface area (Å²) < 4.78 is 7.13. The Labute approximate surface area is 303 Å². The van der Waals surface area contributed by atoms with Crippen LogP contribution in [0.1, 0.15) is 52.2 Å². The highest BCUT2D eigenvalue weighted by molar-refractivity contribution is 9.10. The molecule has 4 aromatic carbocycles. The van der Waals surface area contributed by atoms with Crippen molar-refractivity contribution in [1.29, 1.82) is 5.26 Å². The summed E-state index contributed by atoms with van der Waals surface area (Å²) in [6.07, 6.45) is -0.253. The van der Waals surface area contributed by atoms with Crippen molar-refractivity contribution in [2.75, 3.05) is 6.61 Å². The fourth-order valence-corrected chi connectivity index (χ4v) is 8.18. The molecule has 0 unspecified atom stereocenters. The molecule has 5 rings (SSSR count). The lowest BCUT2D eigenvalue weighted by atomic mass is 9.47. The number of hydrogen-bond acceptors (Lipinski definition) is 5.